The van der Waals surface area contributed by atoms with Gasteiger partial charge >= 0.3 is 0 Å². The summed E-state index contributed by atoms with van der Waals surface area (Å²) in [5.74, 6) is 0. The molecule has 0 aliphatic carbocycles. The van der Waals surface area contributed by atoms with Crippen molar-refractivity contribution in [2.75, 3.05) is 0 Å². The first-order valence-electron chi connectivity index (χ1n) is 5.72. The molecule has 0 atom stereocenters. The van der Waals surface area contributed by atoms with Gasteiger partial charge in [-0.15, -0.1) is 0 Å². The Morgan fingerprint density at radius 1 is 1.00 bits per heavy atom. The van der Waals surface area contributed by atoms with Gasteiger partial charge < -0.3 is 9.40 Å². The van der Waals surface area contributed by atoms with Crippen molar-refractivity contribution in [3.05, 3.63) is 48.0 Å². The maximum absolute atomic E-state index is 5.93. The molecule has 0 amide bonds. The Morgan fingerprint density at radius 2 is 1.88 bits per heavy atom. The van der Waals surface area contributed by atoms with Gasteiger partial charge in [-0.05, 0) is 31.2 Å². The molecule has 1 N–H and O–H groups in total. The fraction of sp³-hybridized carbons (Fsp3) is 0.0667. The van der Waals surface area contributed by atoms with Crippen LogP contribution in [0, 0.1) is 6.92 Å². The topological polar surface area (TPSA) is 28.9 Å². The molecule has 0 spiro atoms. The minimum absolute atomic E-state index is 0.942. The number of rotatable bonds is 0. The van der Waals surface area contributed by atoms with Crippen LogP contribution >= 0.6 is 0 Å². The average molecular weight is 221 g/mol. The molecule has 17 heavy (non-hydrogen) atoms. The molecule has 0 radical (unpaired) electrons. The summed E-state index contributed by atoms with van der Waals surface area (Å²) in [5.41, 5.74) is 5.39. The Morgan fingerprint density at radius 3 is 2.82 bits per heavy atom. The van der Waals surface area contributed by atoms with Crippen molar-refractivity contribution < 1.29 is 4.42 Å². The zero-order chi connectivity index (χ0) is 11.4. The van der Waals surface area contributed by atoms with Crippen molar-refractivity contribution in [3.63, 3.8) is 0 Å². The van der Waals surface area contributed by atoms with Crippen LogP contribution < -0.4 is 0 Å². The number of aromatic nitrogens is 1. The fourth-order valence-corrected chi connectivity index (χ4v) is 2.45. The second-order valence-electron chi connectivity index (χ2n) is 4.48. The van der Waals surface area contributed by atoms with Gasteiger partial charge in [0.1, 0.15) is 5.58 Å². The molecule has 0 bridgehead atoms. The van der Waals surface area contributed by atoms with Crippen LogP contribution in [0.15, 0.2) is 46.9 Å². The van der Waals surface area contributed by atoms with Crippen molar-refractivity contribution in [2.24, 2.45) is 0 Å². The van der Waals surface area contributed by atoms with E-state index in [1.54, 1.807) is 0 Å². The number of H-pyrrole nitrogens is 1. The first-order chi connectivity index (χ1) is 8.33. The average Bonchev–Trinajstić information content (AvgIpc) is 2.85. The summed E-state index contributed by atoms with van der Waals surface area (Å²) in [4.78, 5) is 3.43. The molecule has 0 saturated carbocycles. The van der Waals surface area contributed by atoms with E-state index in [1.165, 1.54) is 5.56 Å². The summed E-state index contributed by atoms with van der Waals surface area (Å²) in [6.07, 6.45) is 0. The highest BCUT2D eigenvalue weighted by Gasteiger charge is 2.12. The Labute approximate surface area is 97.8 Å². The van der Waals surface area contributed by atoms with Crippen LogP contribution in [0.4, 0.5) is 0 Å². The van der Waals surface area contributed by atoms with E-state index in [4.69, 9.17) is 4.42 Å². The lowest BCUT2D eigenvalue weighted by atomic mass is 10.2. The third-order valence-corrected chi connectivity index (χ3v) is 3.27. The van der Waals surface area contributed by atoms with Gasteiger partial charge in [0.15, 0.2) is 5.58 Å². The highest BCUT2D eigenvalue weighted by atomic mass is 16.3. The van der Waals surface area contributed by atoms with E-state index in [9.17, 15) is 0 Å². The Hall–Kier alpha value is -2.22. The van der Waals surface area contributed by atoms with E-state index in [0.29, 0.717) is 0 Å². The molecule has 0 fully saturated rings. The van der Waals surface area contributed by atoms with Crippen LogP contribution in [0.5, 0.6) is 0 Å². The second kappa shape index (κ2) is 2.92. The molecular weight excluding hydrogens is 210 g/mol. The number of furan rings is 1. The SMILES string of the molecule is Cc1ccc2[nH]c3c4ccccc4oc3c2c1. The van der Waals surface area contributed by atoms with E-state index in [0.717, 1.165) is 33.0 Å². The molecule has 0 aliphatic rings. The number of aromatic amines is 1. The molecule has 2 aromatic carbocycles. The molecule has 2 heteroatoms. The highest BCUT2D eigenvalue weighted by Crippen LogP contribution is 2.33. The Balaban J connectivity index is 2.30. The number of fused-ring (bicyclic) bond motifs is 5. The molecule has 2 heterocycles. The van der Waals surface area contributed by atoms with Gasteiger partial charge in [0, 0.05) is 16.3 Å². The Kier molecular flexibility index (Phi) is 1.52. The number of benzene rings is 2. The summed E-state index contributed by atoms with van der Waals surface area (Å²) < 4.78 is 5.93. The first kappa shape index (κ1) is 8.88. The van der Waals surface area contributed by atoms with Crippen molar-refractivity contribution in [2.45, 2.75) is 6.92 Å². The van der Waals surface area contributed by atoms with Crippen LogP contribution in [0.1, 0.15) is 5.56 Å². The largest absolute Gasteiger partial charge is 0.454 e. The van der Waals surface area contributed by atoms with Gasteiger partial charge in [-0.2, -0.15) is 0 Å². The minimum Gasteiger partial charge on any atom is -0.454 e. The smallest absolute Gasteiger partial charge is 0.160 e. The number of para-hydroxylation sites is 1. The summed E-state index contributed by atoms with van der Waals surface area (Å²) >= 11 is 0. The number of nitrogens with one attached hydrogen (secondary N) is 1. The normalized spacial score (nSPS) is 11.8. The van der Waals surface area contributed by atoms with Gasteiger partial charge in [0.05, 0.1) is 5.52 Å². The standard InChI is InChI=1S/C15H11NO/c1-9-6-7-12-11(8-9)15-14(16-12)10-4-2-3-5-13(10)17-15/h2-8,16H,1H3. The first-order valence-corrected chi connectivity index (χ1v) is 5.72. The van der Waals surface area contributed by atoms with Crippen LogP contribution in [0.2, 0.25) is 0 Å². The molecule has 82 valence electrons. The third-order valence-electron chi connectivity index (χ3n) is 3.27. The monoisotopic (exact) mass is 221 g/mol. The molecule has 4 rings (SSSR count). The predicted molar refractivity (Wildman–Crippen MR) is 70.3 cm³/mol. The highest BCUT2D eigenvalue weighted by molar-refractivity contribution is 6.14. The summed E-state index contributed by atoms with van der Waals surface area (Å²) in [5, 5.41) is 2.31. The van der Waals surface area contributed by atoms with Crippen molar-refractivity contribution >= 4 is 33.0 Å². The molecular formula is C15H11NO. The van der Waals surface area contributed by atoms with E-state index in [1.807, 2.05) is 18.2 Å². The molecule has 2 aromatic heterocycles. The number of aryl methyl sites for hydroxylation is 1. The molecule has 4 aromatic rings. The molecule has 0 saturated heterocycles. The lowest BCUT2D eigenvalue weighted by Crippen LogP contribution is -1.71. The number of hydrogen-bond acceptors (Lipinski definition) is 1. The van der Waals surface area contributed by atoms with Gasteiger partial charge in [0.25, 0.3) is 0 Å². The Bertz CT molecular complexity index is 851. The maximum atomic E-state index is 5.93. The molecule has 0 aliphatic heterocycles. The molecule has 0 unspecified atom stereocenters. The fourth-order valence-electron chi connectivity index (χ4n) is 2.45. The predicted octanol–water partition coefficient (Wildman–Crippen LogP) is 4.38. The van der Waals surface area contributed by atoms with Crippen LogP contribution in [-0.4, -0.2) is 4.98 Å². The van der Waals surface area contributed by atoms with Gasteiger partial charge in [-0.1, -0.05) is 23.8 Å². The number of hydrogen-bond donors (Lipinski definition) is 1. The van der Waals surface area contributed by atoms with E-state index in [2.05, 4.69) is 36.2 Å². The summed E-state index contributed by atoms with van der Waals surface area (Å²) in [6, 6.07) is 14.5. The van der Waals surface area contributed by atoms with Crippen molar-refractivity contribution in [1.82, 2.24) is 4.98 Å². The maximum Gasteiger partial charge on any atom is 0.160 e. The van der Waals surface area contributed by atoms with Crippen molar-refractivity contribution in [3.8, 4) is 0 Å². The second-order valence-corrected chi connectivity index (χ2v) is 4.48. The zero-order valence-electron chi connectivity index (χ0n) is 9.45. The van der Waals surface area contributed by atoms with Crippen LogP contribution in [0.25, 0.3) is 33.0 Å². The van der Waals surface area contributed by atoms with E-state index in [-0.39, 0.29) is 0 Å². The quantitative estimate of drug-likeness (QED) is 0.469. The third kappa shape index (κ3) is 1.10. The summed E-state index contributed by atoms with van der Waals surface area (Å²) in [6.45, 7) is 2.10. The minimum atomic E-state index is 0.942. The lowest BCUT2D eigenvalue weighted by Gasteiger charge is -1.92. The zero-order valence-corrected chi connectivity index (χ0v) is 9.45. The molecule has 2 nitrogen and oxygen atoms in total. The van der Waals surface area contributed by atoms with Crippen LogP contribution in [0.3, 0.4) is 0 Å². The van der Waals surface area contributed by atoms with E-state index >= 15 is 0 Å². The van der Waals surface area contributed by atoms with Crippen molar-refractivity contribution in [1.29, 1.82) is 0 Å². The van der Waals surface area contributed by atoms with Gasteiger partial charge in [-0.25, -0.2) is 0 Å². The van der Waals surface area contributed by atoms with Crippen LogP contribution in [-0.2, 0) is 0 Å². The van der Waals surface area contributed by atoms with E-state index < -0.39 is 0 Å². The van der Waals surface area contributed by atoms with Gasteiger partial charge in [0.2, 0.25) is 0 Å². The van der Waals surface area contributed by atoms with Gasteiger partial charge in [-0.3, -0.25) is 0 Å². The lowest BCUT2D eigenvalue weighted by molar-refractivity contribution is 0.673. The summed E-state index contributed by atoms with van der Waals surface area (Å²) in [7, 11) is 0.